The Morgan fingerprint density at radius 1 is 1.28 bits per heavy atom. The molecule has 1 aliphatic heterocycles. The zero-order valence-electron chi connectivity index (χ0n) is 15.9. The van der Waals surface area contributed by atoms with E-state index in [0.29, 0.717) is 11.3 Å². The van der Waals surface area contributed by atoms with E-state index in [-0.39, 0.29) is 25.3 Å². The van der Waals surface area contributed by atoms with E-state index in [4.69, 9.17) is 9.15 Å². The predicted molar refractivity (Wildman–Crippen MR) is 103 cm³/mol. The molecule has 1 atom stereocenters. The number of amides is 3. The molecular formula is C21H20N2O6. The smallest absolute Gasteiger partial charge is 0.338 e. The highest BCUT2D eigenvalue weighted by Gasteiger charge is 2.44. The first-order chi connectivity index (χ1) is 14.0. The summed E-state index contributed by atoms with van der Waals surface area (Å²) in [4.78, 5) is 52.3. The molecule has 0 N–H and O–H groups in total. The molecule has 8 nitrogen and oxygen atoms in total. The Balaban J connectivity index is 1.83. The van der Waals surface area contributed by atoms with Gasteiger partial charge in [0.15, 0.2) is 5.76 Å². The van der Waals surface area contributed by atoms with Crippen LogP contribution in [0.2, 0.25) is 0 Å². The molecule has 2 aromatic rings. The first-order valence-corrected chi connectivity index (χ1v) is 9.07. The van der Waals surface area contributed by atoms with Crippen LogP contribution in [0.1, 0.15) is 34.3 Å². The molecule has 0 aliphatic carbocycles. The molecule has 3 amide bonds. The summed E-state index contributed by atoms with van der Waals surface area (Å²) in [6.07, 6.45) is 2.69. The van der Waals surface area contributed by atoms with Crippen molar-refractivity contribution in [3.05, 3.63) is 66.6 Å². The lowest BCUT2D eigenvalue weighted by atomic mass is 10.2. The van der Waals surface area contributed by atoms with Gasteiger partial charge in [-0.05, 0) is 43.3 Å². The quantitative estimate of drug-likeness (QED) is 0.405. The van der Waals surface area contributed by atoms with E-state index >= 15 is 0 Å². The number of nitrogens with zero attached hydrogens (tertiary/aromatic N) is 2. The number of ether oxygens (including phenoxy) is 1. The predicted octanol–water partition coefficient (Wildman–Crippen LogP) is 2.42. The lowest BCUT2D eigenvalue weighted by Gasteiger charge is -2.25. The molecule has 1 fully saturated rings. The third-order valence-corrected chi connectivity index (χ3v) is 4.45. The molecule has 0 saturated carbocycles. The van der Waals surface area contributed by atoms with Crippen LogP contribution < -0.4 is 4.90 Å². The molecule has 3 rings (SSSR count). The highest BCUT2D eigenvalue weighted by atomic mass is 16.5. The van der Waals surface area contributed by atoms with Crippen LogP contribution in [0.4, 0.5) is 5.69 Å². The molecule has 0 bridgehead atoms. The maximum atomic E-state index is 13.0. The van der Waals surface area contributed by atoms with Crippen LogP contribution in [0.3, 0.4) is 0 Å². The standard InChI is InChI=1S/C21H20N2O6/c1-3-11-22(20(26)17-6-5-12-29-17)16-13-18(24)23(19(16)25)15-9-7-14(8-10-15)21(27)28-4-2/h3,5-10,12,16H,1,4,11,13H2,2H3. The van der Waals surface area contributed by atoms with Crippen molar-refractivity contribution in [3.8, 4) is 0 Å². The van der Waals surface area contributed by atoms with E-state index < -0.39 is 29.7 Å². The Bertz CT molecular complexity index is 933. The first kappa shape index (κ1) is 20.1. The molecule has 0 spiro atoms. The van der Waals surface area contributed by atoms with Gasteiger partial charge in [0.05, 0.1) is 30.5 Å². The van der Waals surface area contributed by atoms with Crippen molar-refractivity contribution in [2.45, 2.75) is 19.4 Å². The fourth-order valence-electron chi connectivity index (χ4n) is 3.12. The van der Waals surface area contributed by atoms with E-state index in [9.17, 15) is 19.2 Å². The maximum absolute atomic E-state index is 13.0. The molecule has 1 aromatic carbocycles. The summed E-state index contributed by atoms with van der Waals surface area (Å²) >= 11 is 0. The summed E-state index contributed by atoms with van der Waals surface area (Å²) in [5.41, 5.74) is 0.632. The van der Waals surface area contributed by atoms with Crippen LogP contribution in [-0.4, -0.2) is 47.8 Å². The number of rotatable bonds is 7. The lowest BCUT2D eigenvalue weighted by Crippen LogP contribution is -2.45. The largest absolute Gasteiger partial charge is 0.462 e. The second-order valence-corrected chi connectivity index (χ2v) is 6.28. The van der Waals surface area contributed by atoms with Crippen LogP contribution in [0.25, 0.3) is 0 Å². The number of esters is 1. The zero-order valence-corrected chi connectivity index (χ0v) is 15.9. The average Bonchev–Trinajstić information content (AvgIpc) is 3.34. The van der Waals surface area contributed by atoms with Gasteiger partial charge in [0.2, 0.25) is 5.91 Å². The number of benzene rings is 1. The Hall–Kier alpha value is -3.68. The second kappa shape index (κ2) is 8.55. The maximum Gasteiger partial charge on any atom is 0.338 e. The van der Waals surface area contributed by atoms with E-state index in [1.807, 2.05) is 0 Å². The normalized spacial score (nSPS) is 16.0. The highest BCUT2D eigenvalue weighted by molar-refractivity contribution is 6.23. The van der Waals surface area contributed by atoms with Gasteiger partial charge in [-0.1, -0.05) is 6.08 Å². The van der Waals surface area contributed by atoms with Gasteiger partial charge in [0.25, 0.3) is 11.8 Å². The van der Waals surface area contributed by atoms with E-state index in [1.165, 1.54) is 47.6 Å². The van der Waals surface area contributed by atoms with E-state index in [1.54, 1.807) is 13.0 Å². The number of anilines is 1. The van der Waals surface area contributed by atoms with Crippen molar-refractivity contribution in [3.63, 3.8) is 0 Å². The molecule has 8 heteroatoms. The molecule has 1 saturated heterocycles. The SMILES string of the molecule is C=CCN(C(=O)c1ccco1)C1CC(=O)N(c2ccc(C(=O)OCC)cc2)C1=O. The average molecular weight is 396 g/mol. The van der Waals surface area contributed by atoms with Crippen molar-refractivity contribution in [1.29, 1.82) is 0 Å². The number of hydrogen-bond acceptors (Lipinski definition) is 6. The van der Waals surface area contributed by atoms with Crippen molar-refractivity contribution < 1.29 is 28.3 Å². The number of hydrogen-bond donors (Lipinski definition) is 0. The monoisotopic (exact) mass is 396 g/mol. The van der Waals surface area contributed by atoms with Gasteiger partial charge in [-0.3, -0.25) is 14.4 Å². The molecular weight excluding hydrogens is 376 g/mol. The summed E-state index contributed by atoms with van der Waals surface area (Å²) in [6.45, 7) is 5.65. The van der Waals surface area contributed by atoms with Crippen molar-refractivity contribution in [2.24, 2.45) is 0 Å². The summed E-state index contributed by atoms with van der Waals surface area (Å²) in [5.74, 6) is -1.88. The van der Waals surface area contributed by atoms with Gasteiger partial charge in [0, 0.05) is 6.54 Å². The molecule has 1 aliphatic rings. The molecule has 2 heterocycles. The van der Waals surface area contributed by atoms with Crippen LogP contribution in [0.5, 0.6) is 0 Å². The first-order valence-electron chi connectivity index (χ1n) is 9.07. The van der Waals surface area contributed by atoms with Crippen LogP contribution in [-0.2, 0) is 14.3 Å². The zero-order chi connectivity index (χ0) is 21.0. The molecule has 1 aromatic heterocycles. The Labute approximate surface area is 167 Å². The van der Waals surface area contributed by atoms with Gasteiger partial charge in [-0.15, -0.1) is 6.58 Å². The molecule has 150 valence electrons. The highest BCUT2D eigenvalue weighted by Crippen LogP contribution is 2.27. The van der Waals surface area contributed by atoms with Crippen molar-refractivity contribution >= 4 is 29.4 Å². The topological polar surface area (TPSA) is 97.1 Å². The van der Waals surface area contributed by atoms with Crippen LogP contribution >= 0.6 is 0 Å². The van der Waals surface area contributed by atoms with Gasteiger partial charge in [0.1, 0.15) is 6.04 Å². The minimum Gasteiger partial charge on any atom is -0.462 e. The summed E-state index contributed by atoms with van der Waals surface area (Å²) < 4.78 is 10.1. The summed E-state index contributed by atoms with van der Waals surface area (Å²) in [7, 11) is 0. The molecule has 0 radical (unpaired) electrons. The van der Waals surface area contributed by atoms with Gasteiger partial charge < -0.3 is 14.1 Å². The second-order valence-electron chi connectivity index (χ2n) is 6.28. The van der Waals surface area contributed by atoms with Crippen molar-refractivity contribution in [1.82, 2.24) is 4.90 Å². The van der Waals surface area contributed by atoms with E-state index in [0.717, 1.165) is 4.90 Å². The third-order valence-electron chi connectivity index (χ3n) is 4.45. The Morgan fingerprint density at radius 3 is 2.59 bits per heavy atom. The fraction of sp³-hybridized carbons (Fsp3) is 0.238. The Kier molecular flexibility index (Phi) is 5.92. The number of furan rings is 1. The minimum absolute atomic E-state index is 0.0735. The summed E-state index contributed by atoms with van der Waals surface area (Å²) in [5, 5.41) is 0. The third kappa shape index (κ3) is 3.96. The van der Waals surface area contributed by atoms with Gasteiger partial charge in [-0.25, -0.2) is 9.69 Å². The van der Waals surface area contributed by atoms with Gasteiger partial charge in [-0.2, -0.15) is 0 Å². The Morgan fingerprint density at radius 2 is 2.00 bits per heavy atom. The molecule has 29 heavy (non-hydrogen) atoms. The van der Waals surface area contributed by atoms with Crippen LogP contribution in [0, 0.1) is 0 Å². The number of carbonyl (C=O) groups is 4. The number of imide groups is 1. The lowest BCUT2D eigenvalue weighted by molar-refractivity contribution is -0.122. The van der Waals surface area contributed by atoms with Crippen LogP contribution in [0.15, 0.2) is 59.7 Å². The number of carbonyl (C=O) groups excluding carboxylic acids is 4. The summed E-state index contributed by atoms with van der Waals surface area (Å²) in [6, 6.07) is 8.05. The van der Waals surface area contributed by atoms with Gasteiger partial charge >= 0.3 is 5.97 Å². The molecule has 1 unspecified atom stereocenters. The fourth-order valence-corrected chi connectivity index (χ4v) is 3.12. The van der Waals surface area contributed by atoms with Crippen molar-refractivity contribution in [2.75, 3.05) is 18.1 Å². The minimum atomic E-state index is -0.970. The van der Waals surface area contributed by atoms with E-state index in [2.05, 4.69) is 6.58 Å².